The van der Waals surface area contributed by atoms with Crippen LogP contribution in [0.4, 0.5) is 0 Å². The Morgan fingerprint density at radius 1 is 1.45 bits per heavy atom. The monoisotopic (exact) mass is 277 g/mol. The van der Waals surface area contributed by atoms with Crippen molar-refractivity contribution < 1.29 is 13.9 Å². The average Bonchev–Trinajstić information content (AvgIpc) is 3.17. The van der Waals surface area contributed by atoms with E-state index >= 15 is 0 Å². The second-order valence-corrected chi connectivity index (χ2v) is 5.14. The van der Waals surface area contributed by atoms with Crippen LogP contribution < -0.4 is 10.1 Å². The highest BCUT2D eigenvalue weighted by Gasteiger charge is 2.11. The van der Waals surface area contributed by atoms with Gasteiger partial charge in [-0.3, -0.25) is 4.79 Å². The molecule has 3 heterocycles. The molecule has 1 fully saturated rings. The molecule has 1 saturated heterocycles. The summed E-state index contributed by atoms with van der Waals surface area (Å²) in [4.78, 5) is 11.1. The maximum absolute atomic E-state index is 11.1. The highest BCUT2D eigenvalue weighted by Crippen LogP contribution is 2.29. The molecule has 1 aliphatic heterocycles. The third kappa shape index (κ3) is 3.97. The standard InChI is InChI=1S/C10H10O3.C6H13N/c1-2-3-10(11)13-9-6-7-4-5-8(9)12-7;1-2-6-4-3-5-7-6/h4-6H,2-3H2,1H3;6-7H,2-5H2,1H3. The van der Waals surface area contributed by atoms with Gasteiger partial charge in [0.05, 0.1) is 0 Å². The molecule has 1 N–H and O–H groups in total. The normalized spacial score (nSPS) is 18.0. The number of ether oxygens (including phenoxy) is 1. The lowest BCUT2D eigenvalue weighted by molar-refractivity contribution is -0.134. The molecular weight excluding hydrogens is 254 g/mol. The number of carbonyl (C=O) groups excluding carboxylic acids is 1. The van der Waals surface area contributed by atoms with Crippen molar-refractivity contribution >= 4 is 17.1 Å². The molecule has 2 aromatic rings. The number of nitrogens with one attached hydrogen (secondary N) is 1. The third-order valence-electron chi connectivity index (χ3n) is 3.48. The number of hydrogen-bond acceptors (Lipinski definition) is 4. The van der Waals surface area contributed by atoms with Crippen LogP contribution in [0, 0.1) is 0 Å². The van der Waals surface area contributed by atoms with E-state index in [0.29, 0.717) is 17.8 Å². The number of furan rings is 2. The van der Waals surface area contributed by atoms with Gasteiger partial charge >= 0.3 is 5.97 Å². The van der Waals surface area contributed by atoms with E-state index in [1.165, 1.54) is 25.8 Å². The molecule has 0 aromatic carbocycles. The quantitative estimate of drug-likeness (QED) is 0.683. The van der Waals surface area contributed by atoms with Gasteiger partial charge in [0.2, 0.25) is 0 Å². The average molecular weight is 277 g/mol. The van der Waals surface area contributed by atoms with Crippen molar-refractivity contribution in [2.24, 2.45) is 0 Å². The summed E-state index contributed by atoms with van der Waals surface area (Å²) in [7, 11) is 0. The van der Waals surface area contributed by atoms with E-state index < -0.39 is 0 Å². The Morgan fingerprint density at radius 2 is 2.30 bits per heavy atom. The van der Waals surface area contributed by atoms with E-state index in [9.17, 15) is 4.79 Å². The highest BCUT2D eigenvalue weighted by atomic mass is 16.5. The number of fused-ring (bicyclic) bond motifs is 2. The topological polar surface area (TPSA) is 51.5 Å². The Kier molecular flexibility index (Phi) is 5.41. The maximum atomic E-state index is 11.1. The summed E-state index contributed by atoms with van der Waals surface area (Å²) in [6.07, 6.45) is 5.34. The van der Waals surface area contributed by atoms with Crippen LogP contribution in [0.1, 0.15) is 46.0 Å². The van der Waals surface area contributed by atoms with Crippen LogP contribution in [-0.4, -0.2) is 18.6 Å². The van der Waals surface area contributed by atoms with Gasteiger partial charge in [0.1, 0.15) is 5.58 Å². The van der Waals surface area contributed by atoms with Gasteiger partial charge in [-0.25, -0.2) is 0 Å². The summed E-state index contributed by atoms with van der Waals surface area (Å²) < 4.78 is 10.3. The van der Waals surface area contributed by atoms with Crippen LogP contribution in [-0.2, 0) is 4.79 Å². The van der Waals surface area contributed by atoms with Crippen LogP contribution in [0.5, 0.6) is 5.75 Å². The molecule has 4 nitrogen and oxygen atoms in total. The first kappa shape index (κ1) is 14.9. The van der Waals surface area contributed by atoms with Crippen molar-refractivity contribution in [1.82, 2.24) is 5.32 Å². The van der Waals surface area contributed by atoms with Crippen LogP contribution in [0.2, 0.25) is 0 Å². The minimum atomic E-state index is -0.202. The minimum absolute atomic E-state index is 0.202. The van der Waals surface area contributed by atoms with Gasteiger partial charge in [0.25, 0.3) is 0 Å². The van der Waals surface area contributed by atoms with E-state index in [1.807, 2.05) is 13.0 Å². The fraction of sp³-hybridized carbons (Fsp3) is 0.562. The summed E-state index contributed by atoms with van der Waals surface area (Å²) in [6.45, 7) is 5.43. The molecule has 1 aliphatic rings. The van der Waals surface area contributed by atoms with Gasteiger partial charge in [0.15, 0.2) is 11.3 Å². The van der Waals surface area contributed by atoms with Crippen molar-refractivity contribution in [1.29, 1.82) is 0 Å². The third-order valence-corrected chi connectivity index (χ3v) is 3.48. The van der Waals surface area contributed by atoms with Crippen molar-refractivity contribution in [3.8, 4) is 5.75 Å². The molecule has 3 rings (SSSR count). The SMILES string of the molecule is CCC1CCCN1.CCCC(=O)Oc1cc2ccc1o2. The zero-order valence-corrected chi connectivity index (χ0v) is 12.3. The van der Waals surface area contributed by atoms with Crippen LogP contribution >= 0.6 is 0 Å². The minimum Gasteiger partial charge on any atom is -0.453 e. The van der Waals surface area contributed by atoms with Gasteiger partial charge in [-0.15, -0.1) is 0 Å². The summed E-state index contributed by atoms with van der Waals surface area (Å²) in [5.41, 5.74) is 1.38. The molecule has 0 radical (unpaired) electrons. The fourth-order valence-electron chi connectivity index (χ4n) is 2.33. The molecule has 2 bridgehead atoms. The Morgan fingerprint density at radius 3 is 2.75 bits per heavy atom. The summed E-state index contributed by atoms with van der Waals surface area (Å²) in [5, 5.41) is 3.41. The predicted molar refractivity (Wildman–Crippen MR) is 79.3 cm³/mol. The number of hydrogen-bond donors (Lipinski definition) is 1. The first-order valence-electron chi connectivity index (χ1n) is 7.49. The first-order chi connectivity index (χ1) is 9.72. The highest BCUT2D eigenvalue weighted by molar-refractivity contribution is 5.78. The molecule has 0 amide bonds. The van der Waals surface area contributed by atoms with E-state index in [0.717, 1.165) is 18.0 Å². The van der Waals surface area contributed by atoms with Gasteiger partial charge in [0, 0.05) is 18.5 Å². The number of benzene rings is 1. The van der Waals surface area contributed by atoms with Crippen molar-refractivity contribution in [3.05, 3.63) is 18.2 Å². The van der Waals surface area contributed by atoms with Crippen molar-refractivity contribution in [3.63, 3.8) is 0 Å². The zero-order chi connectivity index (χ0) is 14.4. The molecule has 2 aromatic heterocycles. The lowest BCUT2D eigenvalue weighted by atomic mass is 10.2. The Hall–Kier alpha value is -1.55. The zero-order valence-electron chi connectivity index (χ0n) is 12.3. The van der Waals surface area contributed by atoms with Gasteiger partial charge in [-0.05, 0) is 44.4 Å². The summed E-state index contributed by atoms with van der Waals surface area (Å²) in [6, 6.07) is 6.21. The van der Waals surface area contributed by atoms with E-state index in [4.69, 9.17) is 9.15 Å². The number of carbonyl (C=O) groups is 1. The molecule has 0 saturated carbocycles. The van der Waals surface area contributed by atoms with Crippen LogP contribution in [0.15, 0.2) is 22.6 Å². The number of rotatable bonds is 4. The predicted octanol–water partition coefficient (Wildman–Crippen LogP) is 3.72. The fourth-order valence-corrected chi connectivity index (χ4v) is 2.33. The molecule has 0 aliphatic carbocycles. The van der Waals surface area contributed by atoms with E-state index in [2.05, 4.69) is 12.2 Å². The first-order valence-corrected chi connectivity index (χ1v) is 7.49. The summed E-state index contributed by atoms with van der Waals surface area (Å²) in [5.74, 6) is 0.336. The van der Waals surface area contributed by atoms with Crippen LogP contribution in [0.3, 0.4) is 0 Å². The molecule has 20 heavy (non-hydrogen) atoms. The summed E-state index contributed by atoms with van der Waals surface area (Å²) >= 11 is 0. The van der Waals surface area contributed by atoms with Gasteiger partial charge in [-0.2, -0.15) is 0 Å². The molecule has 1 unspecified atom stereocenters. The second kappa shape index (κ2) is 7.29. The lowest BCUT2D eigenvalue weighted by Gasteiger charge is -2.02. The van der Waals surface area contributed by atoms with Gasteiger partial charge in [-0.1, -0.05) is 13.8 Å². The van der Waals surface area contributed by atoms with E-state index in [-0.39, 0.29) is 5.97 Å². The molecular formula is C16H23NO3. The van der Waals surface area contributed by atoms with E-state index in [1.54, 1.807) is 12.1 Å². The van der Waals surface area contributed by atoms with Crippen molar-refractivity contribution in [2.45, 2.75) is 52.0 Å². The molecule has 1 atom stereocenters. The van der Waals surface area contributed by atoms with Gasteiger partial charge < -0.3 is 14.5 Å². The molecule has 110 valence electrons. The second-order valence-electron chi connectivity index (χ2n) is 5.14. The lowest BCUT2D eigenvalue weighted by Crippen LogP contribution is -2.19. The maximum Gasteiger partial charge on any atom is 0.311 e. The smallest absolute Gasteiger partial charge is 0.311 e. The number of esters is 1. The molecule has 0 spiro atoms. The Balaban J connectivity index is 0.000000178. The Bertz CT molecular complexity index is 514. The largest absolute Gasteiger partial charge is 0.453 e. The Labute approximate surface area is 119 Å². The van der Waals surface area contributed by atoms with Crippen LogP contribution in [0.25, 0.3) is 11.2 Å². The molecule has 4 heteroatoms. The van der Waals surface area contributed by atoms with Crippen molar-refractivity contribution in [2.75, 3.05) is 6.54 Å².